The highest BCUT2D eigenvalue weighted by Crippen LogP contribution is 2.51. The summed E-state index contributed by atoms with van der Waals surface area (Å²) in [5.74, 6) is 0. The van der Waals surface area contributed by atoms with Crippen LogP contribution in [0.2, 0.25) is 0 Å². The van der Waals surface area contributed by atoms with E-state index in [1.807, 2.05) is 6.07 Å². The van der Waals surface area contributed by atoms with Gasteiger partial charge in [-0.3, -0.25) is 0 Å². The van der Waals surface area contributed by atoms with Crippen LogP contribution >= 0.6 is 0 Å². The lowest BCUT2D eigenvalue weighted by Gasteiger charge is -2.18. The lowest BCUT2D eigenvalue weighted by molar-refractivity contribution is -0.955. The Bertz CT molecular complexity index is 2900. The van der Waals surface area contributed by atoms with Gasteiger partial charge in [0.15, 0.2) is 18.0 Å². The lowest BCUT2D eigenvalue weighted by atomic mass is 9.89. The van der Waals surface area contributed by atoms with Crippen molar-refractivity contribution in [1.29, 1.82) is 0 Å². The highest BCUT2D eigenvalue weighted by atomic mass is 16.3. The normalized spacial score (nSPS) is 17.2. The number of hydrogen-bond donors (Lipinski definition) is 0. The van der Waals surface area contributed by atoms with Crippen LogP contribution in [0, 0.1) is 27.7 Å². The zero-order chi connectivity index (χ0) is 37.3. The molecule has 10 rings (SSSR count). The Balaban J connectivity index is 1.28. The van der Waals surface area contributed by atoms with Gasteiger partial charge in [0, 0.05) is 45.2 Å². The molecule has 0 radical (unpaired) electrons. The highest BCUT2D eigenvalue weighted by Gasteiger charge is 2.67. The molecule has 4 heteroatoms. The summed E-state index contributed by atoms with van der Waals surface area (Å²) in [6, 6.07) is 38.1. The molecule has 4 aromatic carbocycles. The van der Waals surface area contributed by atoms with Crippen LogP contribution in [0.1, 0.15) is 50.1 Å². The van der Waals surface area contributed by atoms with E-state index in [2.05, 4.69) is 122 Å². The molecule has 1 spiro atoms. The summed E-state index contributed by atoms with van der Waals surface area (Å²) in [7, 11) is 0. The van der Waals surface area contributed by atoms with Crippen LogP contribution in [-0.4, -0.2) is 4.98 Å². The van der Waals surface area contributed by atoms with E-state index in [1.165, 1.54) is 27.8 Å². The SMILES string of the molecule is [2H]C([2H])(c1ccccc1)C([2H])([2H])c1ccc2c(n1)oc1c3c(ccc12)C1(c2ccccc2-c2ccc(C)c[n+]21)[n+]1cc(C)c(-c2ccc(C)cc2C)cc1-3. The zero-order valence-electron chi connectivity index (χ0n) is 32.4. The van der Waals surface area contributed by atoms with Gasteiger partial charge in [0.25, 0.3) is 0 Å². The average molecular weight is 652 g/mol. The lowest BCUT2D eigenvalue weighted by Crippen LogP contribution is -2.71. The standard InChI is InChI=1S/C46H37N3O/c1-28-14-19-34(30(3)24-28)38-25-42-43-40(22-21-35-36-20-18-33(47-45(36)50-44(35)43)17-16-32-10-6-5-7-11-32)46(49(42)27-31(38)4)39-13-9-8-12-37(39)41-23-15-29(2)26-48(41)46/h5-15,18-27H,16-17H2,1-4H3/q+2/i16D2,17D2. The van der Waals surface area contributed by atoms with Crippen molar-refractivity contribution < 1.29 is 19.0 Å². The van der Waals surface area contributed by atoms with E-state index in [9.17, 15) is 0 Å². The summed E-state index contributed by atoms with van der Waals surface area (Å²) in [4.78, 5) is 4.74. The topological polar surface area (TPSA) is 33.8 Å². The van der Waals surface area contributed by atoms with Crippen LogP contribution in [0.5, 0.6) is 0 Å². The van der Waals surface area contributed by atoms with Crippen molar-refractivity contribution >= 4 is 22.1 Å². The van der Waals surface area contributed by atoms with Crippen molar-refractivity contribution in [2.24, 2.45) is 0 Å². The molecule has 50 heavy (non-hydrogen) atoms. The second kappa shape index (κ2) is 10.6. The van der Waals surface area contributed by atoms with Crippen molar-refractivity contribution in [3.05, 3.63) is 172 Å². The van der Waals surface area contributed by atoms with Crippen LogP contribution in [-0.2, 0) is 18.4 Å². The van der Waals surface area contributed by atoms with Crippen molar-refractivity contribution in [3.8, 4) is 33.6 Å². The first kappa shape index (κ1) is 25.2. The predicted molar refractivity (Wildman–Crippen MR) is 199 cm³/mol. The molecule has 0 amide bonds. The van der Waals surface area contributed by atoms with Gasteiger partial charge in [0.2, 0.25) is 17.1 Å². The fourth-order valence-corrected chi connectivity index (χ4v) is 8.40. The smallest absolute Gasteiger partial charge is 0.417 e. The van der Waals surface area contributed by atoms with Crippen molar-refractivity contribution in [2.45, 2.75) is 46.1 Å². The molecule has 4 nitrogen and oxygen atoms in total. The van der Waals surface area contributed by atoms with E-state index in [0.29, 0.717) is 5.58 Å². The number of fused-ring (bicyclic) bond motifs is 14. The summed E-state index contributed by atoms with van der Waals surface area (Å²) in [6.07, 6.45) is -0.255. The van der Waals surface area contributed by atoms with E-state index in [0.717, 1.165) is 50.0 Å². The van der Waals surface area contributed by atoms with Crippen molar-refractivity contribution in [3.63, 3.8) is 0 Å². The van der Waals surface area contributed by atoms with Gasteiger partial charge >= 0.3 is 5.66 Å². The number of furan rings is 1. The van der Waals surface area contributed by atoms with Gasteiger partial charge in [-0.25, -0.2) is 4.98 Å². The third kappa shape index (κ3) is 3.96. The first-order valence-electron chi connectivity index (χ1n) is 19.1. The molecular weight excluding hydrogens is 611 g/mol. The van der Waals surface area contributed by atoms with Gasteiger partial charge in [-0.1, -0.05) is 66.2 Å². The Morgan fingerprint density at radius 3 is 2.26 bits per heavy atom. The first-order chi connectivity index (χ1) is 25.9. The maximum Gasteiger partial charge on any atom is 0.417 e. The minimum Gasteiger partial charge on any atom is -0.437 e. The molecule has 0 saturated carbocycles. The van der Waals surface area contributed by atoms with Gasteiger partial charge in [0.1, 0.15) is 16.7 Å². The Morgan fingerprint density at radius 2 is 1.40 bits per heavy atom. The molecule has 1 atom stereocenters. The third-order valence-electron chi connectivity index (χ3n) is 10.6. The molecule has 6 heterocycles. The second-order valence-corrected chi connectivity index (χ2v) is 13.8. The second-order valence-electron chi connectivity index (χ2n) is 13.8. The summed E-state index contributed by atoms with van der Waals surface area (Å²) in [5, 5.41) is 1.62. The van der Waals surface area contributed by atoms with Crippen molar-refractivity contribution in [1.82, 2.24) is 4.98 Å². The number of aromatic nitrogens is 3. The minimum absolute atomic E-state index is 0.0248. The van der Waals surface area contributed by atoms with E-state index in [-0.39, 0.29) is 17.0 Å². The van der Waals surface area contributed by atoms with Gasteiger partial charge in [-0.05, 0) is 105 Å². The molecule has 0 fully saturated rings. The molecular formula is C46H37N3O+2. The maximum atomic E-state index is 9.04. The van der Waals surface area contributed by atoms with Crippen LogP contribution < -0.4 is 9.13 Å². The van der Waals surface area contributed by atoms with Crippen LogP contribution in [0.4, 0.5) is 0 Å². The number of benzene rings is 4. The zero-order valence-corrected chi connectivity index (χ0v) is 28.4. The van der Waals surface area contributed by atoms with E-state index >= 15 is 0 Å². The Labute approximate surface area is 297 Å². The molecule has 0 bridgehead atoms. The van der Waals surface area contributed by atoms with E-state index in [1.54, 1.807) is 36.4 Å². The fraction of sp³-hybridized carbons (Fsp3) is 0.152. The largest absolute Gasteiger partial charge is 0.437 e. The Hall–Kier alpha value is -5.87. The highest BCUT2D eigenvalue weighted by molar-refractivity contribution is 6.09. The van der Waals surface area contributed by atoms with Gasteiger partial charge < -0.3 is 4.42 Å². The van der Waals surface area contributed by atoms with Gasteiger partial charge in [-0.2, -0.15) is 0 Å². The average Bonchev–Trinajstić information content (AvgIpc) is 3.78. The number of pyridine rings is 3. The molecule has 0 N–H and O–H groups in total. The number of rotatable bonds is 4. The summed E-state index contributed by atoms with van der Waals surface area (Å²) in [6.45, 7) is 8.60. The number of nitrogens with zero attached hydrogens (tertiary/aromatic N) is 3. The third-order valence-corrected chi connectivity index (χ3v) is 10.6. The minimum atomic E-state index is -2.44. The molecule has 240 valence electrons. The van der Waals surface area contributed by atoms with E-state index in [4.69, 9.17) is 14.9 Å². The summed E-state index contributed by atoms with van der Waals surface area (Å²) < 4.78 is 47.5. The molecule has 1 unspecified atom stereocenters. The monoisotopic (exact) mass is 651 g/mol. The number of aryl methyl sites for hydroxylation is 6. The Morgan fingerprint density at radius 1 is 0.620 bits per heavy atom. The predicted octanol–water partition coefficient (Wildman–Crippen LogP) is 9.50. The summed E-state index contributed by atoms with van der Waals surface area (Å²) in [5.41, 5.74) is 14.0. The van der Waals surface area contributed by atoms with E-state index < -0.39 is 18.4 Å². The molecule has 8 aromatic rings. The van der Waals surface area contributed by atoms with Crippen LogP contribution in [0.3, 0.4) is 0 Å². The molecule has 2 aliphatic rings. The molecule has 2 aliphatic heterocycles. The fourth-order valence-electron chi connectivity index (χ4n) is 8.40. The number of hydrogen-bond acceptors (Lipinski definition) is 2. The van der Waals surface area contributed by atoms with Crippen LogP contribution in [0.25, 0.3) is 55.7 Å². The van der Waals surface area contributed by atoms with Gasteiger partial charge in [-0.15, -0.1) is 9.13 Å². The van der Waals surface area contributed by atoms with Crippen LogP contribution in [0.15, 0.2) is 132 Å². The Kier molecular flexibility index (Phi) is 5.31. The molecule has 0 aliphatic carbocycles. The first-order valence-corrected chi connectivity index (χ1v) is 17.1. The molecule has 4 aromatic heterocycles. The quantitative estimate of drug-likeness (QED) is 0.178. The molecule has 0 saturated heterocycles. The van der Waals surface area contributed by atoms with Crippen molar-refractivity contribution in [2.75, 3.05) is 0 Å². The maximum absolute atomic E-state index is 9.04. The summed E-state index contributed by atoms with van der Waals surface area (Å²) >= 11 is 0. The van der Waals surface area contributed by atoms with Gasteiger partial charge in [0.05, 0.1) is 5.56 Å².